The van der Waals surface area contributed by atoms with Gasteiger partial charge in [0, 0.05) is 30.2 Å². The molecule has 0 aliphatic heterocycles. The predicted molar refractivity (Wildman–Crippen MR) is 62.4 cm³/mol. The molecular weight excluding hydrogens is 210 g/mol. The van der Waals surface area contributed by atoms with Crippen LogP contribution in [0.25, 0.3) is 0 Å². The molecule has 0 aromatic heterocycles. The molecule has 0 radical (unpaired) electrons. The van der Waals surface area contributed by atoms with Gasteiger partial charge in [-0.25, -0.2) is 0 Å². The molecule has 0 amide bonds. The molecule has 0 atom stereocenters. The molecule has 1 aromatic rings. The van der Waals surface area contributed by atoms with E-state index in [0.717, 1.165) is 18.7 Å². The van der Waals surface area contributed by atoms with Crippen LogP contribution in [0.5, 0.6) is 0 Å². The summed E-state index contributed by atoms with van der Waals surface area (Å²) in [5.41, 5.74) is 7.30. The Balaban J connectivity index is 2.61. The van der Waals surface area contributed by atoms with Gasteiger partial charge in [0.1, 0.15) is 0 Å². The maximum atomic E-state index is 8.45. The van der Waals surface area contributed by atoms with Crippen molar-refractivity contribution in [3.05, 3.63) is 28.8 Å². The second-order valence-electron chi connectivity index (χ2n) is 3.50. The standard InChI is InChI=1S/C11H14ClN3/c1-15(6-2-5-13)8-9-3-4-10(14)7-11(9)12/h3-4,7H,2,6,8,14H2,1H3. The van der Waals surface area contributed by atoms with Gasteiger partial charge in [0.05, 0.1) is 6.07 Å². The molecule has 0 aliphatic carbocycles. The summed E-state index contributed by atoms with van der Waals surface area (Å²) in [7, 11) is 1.96. The molecule has 1 aromatic carbocycles. The van der Waals surface area contributed by atoms with Gasteiger partial charge in [-0.15, -0.1) is 0 Å². The molecule has 0 aliphatic rings. The van der Waals surface area contributed by atoms with Gasteiger partial charge >= 0.3 is 0 Å². The minimum atomic E-state index is 0.531. The van der Waals surface area contributed by atoms with E-state index in [4.69, 9.17) is 22.6 Å². The predicted octanol–water partition coefficient (Wildman–Crippen LogP) is 2.27. The number of hydrogen-bond donors (Lipinski definition) is 1. The minimum absolute atomic E-state index is 0.531. The van der Waals surface area contributed by atoms with Gasteiger partial charge in [0.25, 0.3) is 0 Å². The largest absolute Gasteiger partial charge is 0.399 e. The zero-order valence-corrected chi connectivity index (χ0v) is 9.46. The van der Waals surface area contributed by atoms with E-state index < -0.39 is 0 Å². The van der Waals surface area contributed by atoms with E-state index >= 15 is 0 Å². The number of nitrogen functional groups attached to an aromatic ring is 1. The summed E-state index contributed by atoms with van der Waals surface area (Å²) < 4.78 is 0. The van der Waals surface area contributed by atoms with Crippen molar-refractivity contribution in [1.29, 1.82) is 5.26 Å². The first-order valence-corrected chi connectivity index (χ1v) is 5.10. The van der Waals surface area contributed by atoms with Crippen molar-refractivity contribution >= 4 is 17.3 Å². The van der Waals surface area contributed by atoms with E-state index in [1.807, 2.05) is 19.2 Å². The van der Waals surface area contributed by atoms with Gasteiger partial charge < -0.3 is 10.6 Å². The zero-order valence-electron chi connectivity index (χ0n) is 8.70. The molecule has 0 spiro atoms. The second kappa shape index (κ2) is 5.59. The summed E-state index contributed by atoms with van der Waals surface area (Å²) in [6, 6.07) is 7.61. The van der Waals surface area contributed by atoms with Crippen molar-refractivity contribution in [2.24, 2.45) is 0 Å². The van der Waals surface area contributed by atoms with Crippen LogP contribution in [-0.4, -0.2) is 18.5 Å². The van der Waals surface area contributed by atoms with Crippen LogP contribution in [0, 0.1) is 11.3 Å². The molecule has 0 saturated carbocycles. The van der Waals surface area contributed by atoms with Crippen molar-refractivity contribution in [3.8, 4) is 6.07 Å². The van der Waals surface area contributed by atoms with Gasteiger partial charge in [-0.1, -0.05) is 17.7 Å². The summed E-state index contributed by atoms with van der Waals surface area (Å²) in [5.74, 6) is 0. The van der Waals surface area contributed by atoms with Crippen molar-refractivity contribution in [2.75, 3.05) is 19.3 Å². The quantitative estimate of drug-likeness (QED) is 0.797. The van der Waals surface area contributed by atoms with E-state index in [-0.39, 0.29) is 0 Å². The van der Waals surface area contributed by atoms with Crippen LogP contribution in [0.3, 0.4) is 0 Å². The van der Waals surface area contributed by atoms with Crippen LogP contribution in [0.1, 0.15) is 12.0 Å². The van der Waals surface area contributed by atoms with Crippen molar-refractivity contribution in [1.82, 2.24) is 4.90 Å². The fraction of sp³-hybridized carbons (Fsp3) is 0.364. The first-order valence-electron chi connectivity index (χ1n) is 4.73. The molecule has 0 saturated heterocycles. The Morgan fingerprint density at radius 2 is 2.27 bits per heavy atom. The maximum Gasteiger partial charge on any atom is 0.0635 e. The molecule has 15 heavy (non-hydrogen) atoms. The van der Waals surface area contributed by atoms with Crippen molar-refractivity contribution in [2.45, 2.75) is 13.0 Å². The number of hydrogen-bond acceptors (Lipinski definition) is 3. The van der Waals surface area contributed by atoms with Crippen LogP contribution in [-0.2, 0) is 6.54 Å². The van der Waals surface area contributed by atoms with Gasteiger partial charge in [-0.3, -0.25) is 0 Å². The summed E-state index contributed by atoms with van der Waals surface area (Å²) in [4.78, 5) is 2.06. The number of halogens is 1. The van der Waals surface area contributed by atoms with Crippen LogP contribution in [0.4, 0.5) is 5.69 Å². The fourth-order valence-electron chi connectivity index (χ4n) is 1.30. The first kappa shape index (κ1) is 11.8. The van der Waals surface area contributed by atoms with Crippen molar-refractivity contribution < 1.29 is 0 Å². The Bertz CT molecular complexity index is 371. The van der Waals surface area contributed by atoms with E-state index in [1.165, 1.54) is 0 Å². The Morgan fingerprint density at radius 3 is 2.87 bits per heavy atom. The molecular formula is C11H14ClN3. The monoisotopic (exact) mass is 223 g/mol. The lowest BCUT2D eigenvalue weighted by Gasteiger charge is -2.15. The number of rotatable bonds is 4. The Hall–Kier alpha value is -1.24. The number of nitrogens with two attached hydrogens (primary N) is 1. The number of benzene rings is 1. The maximum absolute atomic E-state index is 8.45. The zero-order chi connectivity index (χ0) is 11.3. The summed E-state index contributed by atoms with van der Waals surface area (Å²) in [6.45, 7) is 1.48. The average molecular weight is 224 g/mol. The van der Waals surface area contributed by atoms with Crippen LogP contribution < -0.4 is 5.73 Å². The van der Waals surface area contributed by atoms with Gasteiger partial charge in [0.2, 0.25) is 0 Å². The van der Waals surface area contributed by atoms with E-state index in [0.29, 0.717) is 17.1 Å². The third-order valence-electron chi connectivity index (χ3n) is 2.12. The summed E-state index contributed by atoms with van der Waals surface area (Å²) in [6.07, 6.45) is 0.531. The van der Waals surface area contributed by atoms with Gasteiger partial charge in [0.15, 0.2) is 0 Å². The molecule has 3 nitrogen and oxygen atoms in total. The number of anilines is 1. The molecule has 0 heterocycles. The molecule has 0 fully saturated rings. The highest BCUT2D eigenvalue weighted by atomic mass is 35.5. The van der Waals surface area contributed by atoms with Crippen molar-refractivity contribution in [3.63, 3.8) is 0 Å². The van der Waals surface area contributed by atoms with Crippen LogP contribution >= 0.6 is 11.6 Å². The lowest BCUT2D eigenvalue weighted by molar-refractivity contribution is 0.335. The average Bonchev–Trinajstić information content (AvgIpc) is 2.19. The van der Waals surface area contributed by atoms with Crippen LogP contribution in [0.15, 0.2) is 18.2 Å². The first-order chi connectivity index (χ1) is 7.13. The molecule has 80 valence electrons. The minimum Gasteiger partial charge on any atom is -0.399 e. The highest BCUT2D eigenvalue weighted by Gasteiger charge is 2.04. The molecule has 2 N–H and O–H groups in total. The molecule has 0 unspecified atom stereocenters. The highest BCUT2D eigenvalue weighted by molar-refractivity contribution is 6.31. The normalized spacial score (nSPS) is 10.3. The lowest BCUT2D eigenvalue weighted by Crippen LogP contribution is -2.18. The topological polar surface area (TPSA) is 53.0 Å². The van der Waals surface area contributed by atoms with E-state index in [9.17, 15) is 0 Å². The summed E-state index contributed by atoms with van der Waals surface area (Å²) >= 11 is 6.04. The smallest absolute Gasteiger partial charge is 0.0635 e. The molecule has 1 rings (SSSR count). The number of nitrogens with zero attached hydrogens (tertiary/aromatic N) is 2. The third kappa shape index (κ3) is 3.78. The SMILES string of the molecule is CN(CCC#N)Cc1ccc(N)cc1Cl. The second-order valence-corrected chi connectivity index (χ2v) is 3.90. The third-order valence-corrected chi connectivity index (χ3v) is 2.47. The summed E-state index contributed by atoms with van der Waals surface area (Å²) in [5, 5.41) is 9.13. The fourth-order valence-corrected chi connectivity index (χ4v) is 1.55. The number of nitriles is 1. The van der Waals surface area contributed by atoms with E-state index in [1.54, 1.807) is 6.07 Å². The molecule has 0 bridgehead atoms. The Morgan fingerprint density at radius 1 is 1.53 bits per heavy atom. The van der Waals surface area contributed by atoms with Crippen LogP contribution in [0.2, 0.25) is 5.02 Å². The van der Waals surface area contributed by atoms with Gasteiger partial charge in [-0.05, 0) is 24.7 Å². The van der Waals surface area contributed by atoms with Gasteiger partial charge in [-0.2, -0.15) is 5.26 Å². The lowest BCUT2D eigenvalue weighted by atomic mass is 10.2. The Labute approximate surface area is 95.1 Å². The highest BCUT2D eigenvalue weighted by Crippen LogP contribution is 2.20. The van der Waals surface area contributed by atoms with E-state index in [2.05, 4.69) is 11.0 Å². The Kier molecular flexibility index (Phi) is 4.41. The molecule has 4 heteroatoms.